The number of aromatic nitrogens is 1. The second-order valence-electron chi connectivity index (χ2n) is 7.23. The van der Waals surface area contributed by atoms with E-state index >= 15 is 0 Å². The van der Waals surface area contributed by atoms with Crippen molar-refractivity contribution < 1.29 is 23.9 Å². The Morgan fingerprint density at radius 3 is 2.57 bits per heavy atom. The Balaban J connectivity index is 1.87. The summed E-state index contributed by atoms with van der Waals surface area (Å²) in [6.45, 7) is 6.25. The van der Waals surface area contributed by atoms with E-state index in [2.05, 4.69) is 10.3 Å². The first kappa shape index (κ1) is 21.6. The lowest BCUT2D eigenvalue weighted by Crippen LogP contribution is -2.41. The fraction of sp³-hybridized carbons (Fsp3) is 0.333. The summed E-state index contributed by atoms with van der Waals surface area (Å²) in [7, 11) is 0. The Labute approximate surface area is 178 Å². The number of ketones is 1. The highest BCUT2D eigenvalue weighted by Gasteiger charge is 2.49. The van der Waals surface area contributed by atoms with Crippen LogP contribution in [0.3, 0.4) is 0 Å². The van der Waals surface area contributed by atoms with Gasteiger partial charge in [-0.25, -0.2) is 9.59 Å². The summed E-state index contributed by atoms with van der Waals surface area (Å²) in [4.78, 5) is 54.3. The summed E-state index contributed by atoms with van der Waals surface area (Å²) in [5.41, 5.74) is 0.502. The van der Waals surface area contributed by atoms with E-state index < -0.39 is 35.8 Å². The minimum absolute atomic E-state index is 0.179. The molecule has 8 nitrogen and oxygen atoms in total. The largest absolute Gasteiger partial charge is 0.461 e. The van der Waals surface area contributed by atoms with Gasteiger partial charge in [0.25, 0.3) is 5.91 Å². The molecular weight excluding hydrogens is 410 g/mol. The van der Waals surface area contributed by atoms with Gasteiger partial charge in [-0.1, -0.05) is 23.7 Å². The number of carbonyl (C=O) groups excluding carboxylic acids is 4. The molecule has 1 aromatic heterocycles. The number of aromatic amines is 1. The number of nitrogens with zero attached hydrogens (tertiary/aromatic N) is 1. The zero-order chi connectivity index (χ0) is 22.2. The molecule has 0 spiro atoms. The van der Waals surface area contributed by atoms with Crippen LogP contribution >= 0.6 is 11.6 Å². The van der Waals surface area contributed by atoms with Crippen molar-refractivity contribution >= 4 is 35.3 Å². The fourth-order valence-electron chi connectivity index (χ4n) is 3.63. The van der Waals surface area contributed by atoms with Crippen molar-refractivity contribution in [1.82, 2.24) is 15.2 Å². The summed E-state index contributed by atoms with van der Waals surface area (Å²) < 4.78 is 4.99. The van der Waals surface area contributed by atoms with Gasteiger partial charge in [-0.2, -0.15) is 0 Å². The topological polar surface area (TPSA) is 109 Å². The number of aryl methyl sites for hydroxylation is 1. The predicted molar refractivity (Wildman–Crippen MR) is 110 cm³/mol. The minimum Gasteiger partial charge on any atom is -0.461 e. The molecule has 1 saturated heterocycles. The third-order valence-electron chi connectivity index (χ3n) is 5.17. The van der Waals surface area contributed by atoms with Crippen LogP contribution in [0.4, 0.5) is 4.79 Å². The number of esters is 1. The molecule has 1 atom stereocenters. The third-order valence-corrected chi connectivity index (χ3v) is 5.41. The van der Waals surface area contributed by atoms with Crippen LogP contribution in [0.15, 0.2) is 24.3 Å². The number of hydrogen-bond acceptors (Lipinski definition) is 5. The van der Waals surface area contributed by atoms with Gasteiger partial charge < -0.3 is 15.0 Å². The lowest BCUT2D eigenvalue weighted by Gasteiger charge is -2.22. The summed E-state index contributed by atoms with van der Waals surface area (Å²) in [6, 6.07) is 5.94. The lowest BCUT2D eigenvalue weighted by molar-refractivity contribution is -0.130. The van der Waals surface area contributed by atoms with Crippen LogP contribution in [0.5, 0.6) is 0 Å². The average molecular weight is 432 g/mol. The number of amides is 3. The average Bonchev–Trinajstić information content (AvgIpc) is 3.10. The van der Waals surface area contributed by atoms with E-state index in [0.717, 1.165) is 4.90 Å². The van der Waals surface area contributed by atoms with Gasteiger partial charge in [-0.05, 0) is 51.0 Å². The molecule has 2 aromatic rings. The molecule has 0 saturated carbocycles. The Morgan fingerprint density at radius 1 is 1.23 bits per heavy atom. The Bertz CT molecular complexity index is 1060. The van der Waals surface area contributed by atoms with Crippen LogP contribution < -0.4 is 5.32 Å². The fourth-order valence-corrected chi connectivity index (χ4v) is 3.82. The molecule has 9 heteroatoms. The van der Waals surface area contributed by atoms with Gasteiger partial charge in [-0.15, -0.1) is 0 Å². The van der Waals surface area contributed by atoms with Crippen LogP contribution in [0.1, 0.15) is 51.5 Å². The molecule has 0 radical (unpaired) electrons. The Hall–Kier alpha value is -3.13. The van der Waals surface area contributed by atoms with Crippen molar-refractivity contribution in [2.75, 3.05) is 13.2 Å². The van der Waals surface area contributed by atoms with Gasteiger partial charge in [0.05, 0.1) is 13.2 Å². The highest BCUT2D eigenvalue weighted by atomic mass is 35.5. The number of carbonyl (C=O) groups is 4. The molecule has 1 fully saturated rings. The van der Waals surface area contributed by atoms with Crippen LogP contribution in [0.25, 0.3) is 0 Å². The molecule has 1 unspecified atom stereocenters. The molecule has 3 rings (SSSR count). The zero-order valence-corrected chi connectivity index (χ0v) is 17.8. The van der Waals surface area contributed by atoms with Gasteiger partial charge in [0.15, 0.2) is 5.78 Å². The Morgan fingerprint density at radius 2 is 1.93 bits per heavy atom. The van der Waals surface area contributed by atoms with E-state index in [1.165, 1.54) is 0 Å². The normalized spacial score (nSPS) is 18.5. The standard InChI is InChI=1S/C21H22ClN3O5/c1-5-30-18(27)17-11(2)16(12(3)23-17)15(26)10-25-19(28)21(4,24-20(25)29)13-7-6-8-14(22)9-13/h6-9,23H,5,10H2,1-4H3,(H,24,29). The number of ether oxygens (including phenoxy) is 1. The van der Waals surface area contributed by atoms with Gasteiger partial charge in [0, 0.05) is 16.3 Å². The highest BCUT2D eigenvalue weighted by molar-refractivity contribution is 6.30. The van der Waals surface area contributed by atoms with Crippen LogP contribution in [-0.4, -0.2) is 46.7 Å². The van der Waals surface area contributed by atoms with Crippen molar-refractivity contribution in [2.45, 2.75) is 33.2 Å². The van der Waals surface area contributed by atoms with Crippen LogP contribution in [0.2, 0.25) is 5.02 Å². The number of H-pyrrole nitrogens is 1. The first-order valence-corrected chi connectivity index (χ1v) is 9.77. The first-order valence-electron chi connectivity index (χ1n) is 9.39. The quantitative estimate of drug-likeness (QED) is 0.415. The van der Waals surface area contributed by atoms with E-state index in [1.807, 2.05) is 0 Å². The van der Waals surface area contributed by atoms with E-state index in [4.69, 9.17) is 16.3 Å². The number of halogens is 1. The summed E-state index contributed by atoms with van der Waals surface area (Å²) in [6.07, 6.45) is 0. The van der Waals surface area contributed by atoms with Crippen molar-refractivity contribution in [1.29, 1.82) is 0 Å². The van der Waals surface area contributed by atoms with Gasteiger partial charge in [-0.3, -0.25) is 14.5 Å². The summed E-state index contributed by atoms with van der Waals surface area (Å²) >= 11 is 6.02. The van der Waals surface area contributed by atoms with E-state index in [1.54, 1.807) is 52.0 Å². The summed E-state index contributed by atoms with van der Waals surface area (Å²) in [5.74, 6) is -1.59. The SMILES string of the molecule is CCOC(=O)c1[nH]c(C)c(C(=O)CN2C(=O)NC(C)(c3cccc(Cl)c3)C2=O)c1C. The van der Waals surface area contributed by atoms with Crippen molar-refractivity contribution in [3.63, 3.8) is 0 Å². The first-order chi connectivity index (χ1) is 14.1. The van der Waals surface area contributed by atoms with Crippen molar-refractivity contribution in [3.05, 3.63) is 57.4 Å². The molecule has 1 aliphatic heterocycles. The van der Waals surface area contributed by atoms with E-state index in [-0.39, 0.29) is 17.9 Å². The maximum Gasteiger partial charge on any atom is 0.355 e. The minimum atomic E-state index is -1.33. The highest BCUT2D eigenvalue weighted by Crippen LogP contribution is 2.31. The second-order valence-corrected chi connectivity index (χ2v) is 7.66. The third kappa shape index (κ3) is 3.59. The van der Waals surface area contributed by atoms with Gasteiger partial charge >= 0.3 is 12.0 Å². The van der Waals surface area contributed by atoms with Gasteiger partial charge in [0.1, 0.15) is 11.2 Å². The van der Waals surface area contributed by atoms with Gasteiger partial charge in [0.2, 0.25) is 0 Å². The van der Waals surface area contributed by atoms with Crippen molar-refractivity contribution in [2.24, 2.45) is 0 Å². The molecule has 3 amide bonds. The number of imide groups is 1. The Kier molecular flexibility index (Phi) is 5.72. The molecule has 0 aliphatic carbocycles. The molecule has 1 aromatic carbocycles. The number of benzene rings is 1. The number of hydrogen-bond donors (Lipinski definition) is 2. The van der Waals surface area contributed by atoms with Crippen LogP contribution in [0, 0.1) is 13.8 Å². The molecule has 30 heavy (non-hydrogen) atoms. The van der Waals surface area contributed by atoms with Crippen LogP contribution in [-0.2, 0) is 15.1 Å². The molecule has 158 valence electrons. The molecule has 2 heterocycles. The molecule has 2 N–H and O–H groups in total. The second kappa shape index (κ2) is 7.95. The lowest BCUT2D eigenvalue weighted by atomic mass is 9.92. The maximum atomic E-state index is 13.1. The number of rotatable bonds is 6. The molecule has 1 aliphatic rings. The van der Waals surface area contributed by atoms with E-state index in [0.29, 0.717) is 21.8 Å². The maximum absolute atomic E-state index is 13.1. The number of Topliss-reactive ketones (excluding diaryl/α,β-unsaturated/α-hetero) is 1. The monoisotopic (exact) mass is 431 g/mol. The number of urea groups is 1. The zero-order valence-electron chi connectivity index (χ0n) is 17.1. The van der Waals surface area contributed by atoms with E-state index in [9.17, 15) is 19.2 Å². The smallest absolute Gasteiger partial charge is 0.355 e. The molecule has 0 bridgehead atoms. The molecular formula is C21H22ClN3O5. The van der Waals surface area contributed by atoms with Crippen molar-refractivity contribution in [3.8, 4) is 0 Å². The number of nitrogens with one attached hydrogen (secondary N) is 2. The summed E-state index contributed by atoms with van der Waals surface area (Å²) in [5, 5.41) is 3.07. The predicted octanol–water partition coefficient (Wildman–Crippen LogP) is 3.11.